The summed E-state index contributed by atoms with van der Waals surface area (Å²) in [5.74, 6) is -0.842. The molecule has 1 saturated heterocycles. The Morgan fingerprint density at radius 2 is 1.92 bits per heavy atom. The fraction of sp³-hybridized carbons (Fsp3) is 0.500. The third kappa shape index (κ3) is 3.75. The summed E-state index contributed by atoms with van der Waals surface area (Å²) in [7, 11) is 0. The van der Waals surface area contributed by atoms with E-state index in [4.69, 9.17) is 4.74 Å². The molecule has 128 valence electrons. The number of para-hydroxylation sites is 1. The molecule has 2 aliphatic rings. The van der Waals surface area contributed by atoms with E-state index in [0.29, 0.717) is 24.2 Å². The Morgan fingerprint density at radius 1 is 1.17 bits per heavy atom. The molecular formula is C18H22N2O4. The van der Waals surface area contributed by atoms with Crippen molar-refractivity contribution in [1.82, 2.24) is 5.32 Å². The Bertz CT molecular complexity index is 638. The standard InChI is InChI=1S/C18H22N2O4/c21-16(19-13-6-1-2-7-13)12-24-18(23)14-8-3-4-9-15(14)20-11-5-10-17(20)22/h3-4,8-9,13H,1-2,5-7,10-12H2,(H,19,21). The predicted octanol–water partition coefficient (Wildman–Crippen LogP) is 2.03. The van der Waals surface area contributed by atoms with E-state index in [1.54, 1.807) is 29.2 Å². The van der Waals surface area contributed by atoms with Gasteiger partial charge in [-0.05, 0) is 31.4 Å². The molecule has 0 radical (unpaired) electrons. The van der Waals surface area contributed by atoms with Crippen molar-refractivity contribution >= 4 is 23.5 Å². The molecule has 1 aromatic carbocycles. The zero-order chi connectivity index (χ0) is 16.9. The predicted molar refractivity (Wildman–Crippen MR) is 88.7 cm³/mol. The molecule has 1 aliphatic heterocycles. The molecule has 6 nitrogen and oxygen atoms in total. The average Bonchev–Trinajstić information content (AvgIpc) is 3.24. The van der Waals surface area contributed by atoms with E-state index in [1.165, 1.54) is 0 Å². The highest BCUT2D eigenvalue weighted by Crippen LogP contribution is 2.26. The Kier molecular flexibility index (Phi) is 5.13. The molecule has 2 amide bonds. The maximum Gasteiger partial charge on any atom is 0.340 e. The average molecular weight is 330 g/mol. The molecule has 0 spiro atoms. The number of nitrogens with one attached hydrogen (secondary N) is 1. The van der Waals surface area contributed by atoms with Crippen molar-refractivity contribution in [3.05, 3.63) is 29.8 Å². The molecular weight excluding hydrogens is 308 g/mol. The van der Waals surface area contributed by atoms with Crippen molar-refractivity contribution in [2.24, 2.45) is 0 Å². The molecule has 0 aromatic heterocycles. The van der Waals surface area contributed by atoms with Gasteiger partial charge in [0, 0.05) is 19.0 Å². The number of hydrogen-bond acceptors (Lipinski definition) is 4. The molecule has 24 heavy (non-hydrogen) atoms. The van der Waals surface area contributed by atoms with E-state index in [1.807, 2.05) is 0 Å². The van der Waals surface area contributed by atoms with Gasteiger partial charge in [0.1, 0.15) is 0 Å². The van der Waals surface area contributed by atoms with Crippen molar-refractivity contribution in [3.63, 3.8) is 0 Å². The van der Waals surface area contributed by atoms with Crippen molar-refractivity contribution in [2.45, 2.75) is 44.6 Å². The second-order valence-corrected chi connectivity index (χ2v) is 6.29. The molecule has 0 atom stereocenters. The van der Waals surface area contributed by atoms with Crippen molar-refractivity contribution in [2.75, 3.05) is 18.1 Å². The summed E-state index contributed by atoms with van der Waals surface area (Å²) in [5, 5.41) is 2.88. The topological polar surface area (TPSA) is 75.7 Å². The summed E-state index contributed by atoms with van der Waals surface area (Å²) >= 11 is 0. The van der Waals surface area contributed by atoms with Gasteiger partial charge < -0.3 is 15.0 Å². The Balaban J connectivity index is 1.60. The highest BCUT2D eigenvalue weighted by Gasteiger charge is 2.26. The molecule has 1 saturated carbocycles. The van der Waals surface area contributed by atoms with Crippen LogP contribution in [-0.4, -0.2) is 37.0 Å². The molecule has 6 heteroatoms. The largest absolute Gasteiger partial charge is 0.452 e. The smallest absolute Gasteiger partial charge is 0.340 e. The maximum absolute atomic E-state index is 12.3. The highest BCUT2D eigenvalue weighted by atomic mass is 16.5. The molecule has 1 N–H and O–H groups in total. The van der Waals surface area contributed by atoms with E-state index < -0.39 is 5.97 Å². The number of esters is 1. The van der Waals surface area contributed by atoms with E-state index in [-0.39, 0.29) is 24.5 Å². The molecule has 0 bridgehead atoms. The fourth-order valence-electron chi connectivity index (χ4n) is 3.33. The number of carbonyl (C=O) groups is 3. The van der Waals surface area contributed by atoms with Gasteiger partial charge in [-0.15, -0.1) is 0 Å². The third-order valence-electron chi connectivity index (χ3n) is 4.54. The molecule has 1 aromatic rings. The molecule has 1 heterocycles. The monoisotopic (exact) mass is 330 g/mol. The van der Waals surface area contributed by atoms with Crippen LogP contribution in [0.5, 0.6) is 0 Å². The number of benzene rings is 1. The van der Waals surface area contributed by atoms with Crippen LogP contribution in [0.25, 0.3) is 0 Å². The summed E-state index contributed by atoms with van der Waals surface area (Å²) in [6, 6.07) is 7.06. The van der Waals surface area contributed by atoms with Gasteiger partial charge in [-0.3, -0.25) is 9.59 Å². The Labute approximate surface area is 141 Å². The van der Waals surface area contributed by atoms with Crippen LogP contribution in [0.1, 0.15) is 48.9 Å². The van der Waals surface area contributed by atoms with E-state index >= 15 is 0 Å². The lowest BCUT2D eigenvalue weighted by Gasteiger charge is -2.19. The first-order chi connectivity index (χ1) is 11.6. The number of hydrogen-bond donors (Lipinski definition) is 1. The van der Waals surface area contributed by atoms with Gasteiger partial charge in [-0.1, -0.05) is 25.0 Å². The quantitative estimate of drug-likeness (QED) is 0.838. The number of ether oxygens (including phenoxy) is 1. The zero-order valence-electron chi connectivity index (χ0n) is 13.6. The summed E-state index contributed by atoms with van der Waals surface area (Å²) in [6.45, 7) is 0.308. The summed E-state index contributed by atoms with van der Waals surface area (Å²) < 4.78 is 5.15. The lowest BCUT2D eigenvalue weighted by molar-refractivity contribution is -0.125. The minimum Gasteiger partial charge on any atom is -0.452 e. The number of anilines is 1. The minimum absolute atomic E-state index is 0.00854. The number of nitrogens with zero attached hydrogens (tertiary/aromatic N) is 1. The molecule has 1 aliphatic carbocycles. The maximum atomic E-state index is 12.3. The van der Waals surface area contributed by atoms with E-state index in [9.17, 15) is 14.4 Å². The van der Waals surface area contributed by atoms with Gasteiger partial charge in [-0.25, -0.2) is 4.79 Å². The lowest BCUT2D eigenvalue weighted by Crippen LogP contribution is -2.36. The van der Waals surface area contributed by atoms with Gasteiger partial charge in [-0.2, -0.15) is 0 Å². The van der Waals surface area contributed by atoms with Crippen LogP contribution in [0, 0.1) is 0 Å². The van der Waals surface area contributed by atoms with E-state index in [2.05, 4.69) is 5.32 Å². The summed E-state index contributed by atoms with van der Waals surface area (Å²) in [5.41, 5.74) is 0.877. The lowest BCUT2D eigenvalue weighted by atomic mass is 10.1. The number of carbonyl (C=O) groups excluding carboxylic acids is 3. The van der Waals surface area contributed by atoms with Crippen LogP contribution in [0.3, 0.4) is 0 Å². The van der Waals surface area contributed by atoms with Crippen molar-refractivity contribution in [1.29, 1.82) is 0 Å². The summed E-state index contributed by atoms with van der Waals surface area (Å²) in [4.78, 5) is 37.7. The van der Waals surface area contributed by atoms with Crippen LogP contribution >= 0.6 is 0 Å². The van der Waals surface area contributed by atoms with Gasteiger partial charge in [0.05, 0.1) is 11.3 Å². The van der Waals surface area contributed by atoms with Crippen LogP contribution in [0.4, 0.5) is 5.69 Å². The molecule has 2 fully saturated rings. The van der Waals surface area contributed by atoms with Crippen LogP contribution in [-0.2, 0) is 14.3 Å². The fourth-order valence-corrected chi connectivity index (χ4v) is 3.33. The summed E-state index contributed by atoms with van der Waals surface area (Å²) in [6.07, 6.45) is 5.50. The van der Waals surface area contributed by atoms with Crippen LogP contribution in [0.2, 0.25) is 0 Å². The van der Waals surface area contributed by atoms with Gasteiger partial charge in [0.25, 0.3) is 5.91 Å². The van der Waals surface area contributed by atoms with Gasteiger partial charge in [0.15, 0.2) is 6.61 Å². The molecule has 0 unspecified atom stereocenters. The van der Waals surface area contributed by atoms with Crippen molar-refractivity contribution < 1.29 is 19.1 Å². The van der Waals surface area contributed by atoms with Crippen LogP contribution < -0.4 is 10.2 Å². The molecule has 3 rings (SSSR count). The third-order valence-corrected chi connectivity index (χ3v) is 4.54. The van der Waals surface area contributed by atoms with E-state index in [0.717, 1.165) is 32.1 Å². The van der Waals surface area contributed by atoms with Crippen LogP contribution in [0.15, 0.2) is 24.3 Å². The van der Waals surface area contributed by atoms with Crippen molar-refractivity contribution in [3.8, 4) is 0 Å². The van der Waals surface area contributed by atoms with Gasteiger partial charge >= 0.3 is 5.97 Å². The number of amides is 2. The normalized spacial score (nSPS) is 18.0. The number of rotatable bonds is 5. The second-order valence-electron chi connectivity index (χ2n) is 6.29. The Hall–Kier alpha value is -2.37. The Morgan fingerprint density at radius 3 is 2.62 bits per heavy atom. The SMILES string of the molecule is O=C(COC(=O)c1ccccc1N1CCCC1=O)NC1CCCC1. The van der Waals surface area contributed by atoms with Gasteiger partial charge in [0.2, 0.25) is 5.91 Å². The first-order valence-electron chi connectivity index (χ1n) is 8.51. The first kappa shape index (κ1) is 16.5. The minimum atomic E-state index is -0.577. The zero-order valence-corrected chi connectivity index (χ0v) is 13.6. The second kappa shape index (κ2) is 7.47. The first-order valence-corrected chi connectivity index (χ1v) is 8.51. The highest BCUT2D eigenvalue weighted by molar-refractivity contribution is 6.03.